The summed E-state index contributed by atoms with van der Waals surface area (Å²) >= 11 is 0. The Morgan fingerprint density at radius 2 is 2.05 bits per heavy atom. The number of nitrogens with one attached hydrogen (secondary N) is 1. The van der Waals surface area contributed by atoms with Gasteiger partial charge in [0.15, 0.2) is 5.58 Å². The highest BCUT2D eigenvalue weighted by Crippen LogP contribution is 2.25. The highest BCUT2D eigenvalue weighted by molar-refractivity contribution is 5.78. The molecule has 0 saturated heterocycles. The molecule has 0 aliphatic carbocycles. The van der Waals surface area contributed by atoms with Crippen molar-refractivity contribution in [2.24, 2.45) is 0 Å². The monoisotopic (exact) mass is 257 g/mol. The molecule has 0 radical (unpaired) electrons. The number of anilines is 3. The lowest BCUT2D eigenvalue weighted by atomic mass is 10.2. The van der Waals surface area contributed by atoms with E-state index in [4.69, 9.17) is 10.2 Å². The zero-order valence-electron chi connectivity index (χ0n) is 10.3. The summed E-state index contributed by atoms with van der Waals surface area (Å²) in [5.41, 5.74) is 9.18. The van der Waals surface area contributed by atoms with Crippen LogP contribution in [0.15, 0.2) is 40.8 Å². The predicted molar refractivity (Wildman–Crippen MR) is 72.8 cm³/mol. The Bertz CT molecular complexity index is 752. The fourth-order valence-electron chi connectivity index (χ4n) is 1.88. The van der Waals surface area contributed by atoms with Crippen molar-refractivity contribution in [2.45, 2.75) is 6.92 Å². The van der Waals surface area contributed by atoms with Gasteiger partial charge in [-0.3, -0.25) is 0 Å². The summed E-state index contributed by atoms with van der Waals surface area (Å²) in [5.74, 6) is -0.270. The molecule has 3 aromatic rings. The average molecular weight is 257 g/mol. The van der Waals surface area contributed by atoms with Crippen molar-refractivity contribution < 1.29 is 8.81 Å². The first-order valence-electron chi connectivity index (χ1n) is 5.81. The van der Waals surface area contributed by atoms with E-state index in [0.717, 1.165) is 11.3 Å². The van der Waals surface area contributed by atoms with Crippen molar-refractivity contribution in [1.82, 2.24) is 4.98 Å². The molecule has 0 aliphatic heterocycles. The fourth-order valence-corrected chi connectivity index (χ4v) is 1.88. The molecular weight excluding hydrogens is 245 g/mol. The van der Waals surface area contributed by atoms with Gasteiger partial charge in [-0.1, -0.05) is 0 Å². The number of nitrogen functional groups attached to an aromatic ring is 1. The Morgan fingerprint density at radius 1 is 1.21 bits per heavy atom. The molecule has 3 rings (SSSR count). The minimum Gasteiger partial charge on any atom is -0.423 e. The van der Waals surface area contributed by atoms with E-state index in [1.807, 2.05) is 6.92 Å². The number of aromatic nitrogens is 1. The number of rotatable bonds is 2. The lowest BCUT2D eigenvalue weighted by molar-refractivity contribution is 0.620. The van der Waals surface area contributed by atoms with Crippen LogP contribution in [0, 0.1) is 12.7 Å². The molecule has 5 heteroatoms. The molecule has 1 aromatic heterocycles. The maximum absolute atomic E-state index is 13.0. The second kappa shape index (κ2) is 4.28. The van der Waals surface area contributed by atoms with E-state index < -0.39 is 0 Å². The van der Waals surface area contributed by atoms with Crippen LogP contribution in [-0.4, -0.2) is 4.98 Å². The number of oxazole rings is 1. The van der Waals surface area contributed by atoms with Gasteiger partial charge in [-0.2, -0.15) is 4.98 Å². The van der Waals surface area contributed by atoms with Crippen molar-refractivity contribution in [3.8, 4) is 0 Å². The Labute approximate surface area is 109 Å². The smallest absolute Gasteiger partial charge is 0.300 e. The molecule has 2 aromatic carbocycles. The van der Waals surface area contributed by atoms with Crippen LogP contribution < -0.4 is 11.1 Å². The summed E-state index contributed by atoms with van der Waals surface area (Å²) < 4.78 is 18.6. The predicted octanol–water partition coefficient (Wildman–Crippen LogP) is 3.60. The number of aryl methyl sites for hydroxylation is 1. The Kier molecular flexibility index (Phi) is 2.59. The van der Waals surface area contributed by atoms with Crippen LogP contribution in [0.5, 0.6) is 0 Å². The molecular formula is C14H12FN3O. The third-order valence-electron chi connectivity index (χ3n) is 2.84. The highest BCUT2D eigenvalue weighted by Gasteiger charge is 2.07. The average Bonchev–Trinajstić information content (AvgIpc) is 2.74. The van der Waals surface area contributed by atoms with Gasteiger partial charge < -0.3 is 15.5 Å². The number of nitrogens with zero attached hydrogens (tertiary/aromatic N) is 1. The third-order valence-corrected chi connectivity index (χ3v) is 2.84. The first-order valence-corrected chi connectivity index (χ1v) is 5.81. The van der Waals surface area contributed by atoms with Crippen molar-refractivity contribution in [2.75, 3.05) is 11.1 Å². The van der Waals surface area contributed by atoms with E-state index in [0.29, 0.717) is 22.8 Å². The minimum atomic E-state index is -0.270. The van der Waals surface area contributed by atoms with Gasteiger partial charge in [0.2, 0.25) is 0 Å². The van der Waals surface area contributed by atoms with Crippen molar-refractivity contribution in [3.63, 3.8) is 0 Å². The normalized spacial score (nSPS) is 10.8. The number of fused-ring (bicyclic) bond motifs is 1. The summed E-state index contributed by atoms with van der Waals surface area (Å²) in [6.45, 7) is 1.81. The summed E-state index contributed by atoms with van der Waals surface area (Å²) in [5, 5.41) is 3.02. The number of nitrogens with two attached hydrogens (primary N) is 1. The quantitative estimate of drug-likeness (QED) is 0.688. The molecule has 0 spiro atoms. The number of benzene rings is 2. The first kappa shape index (κ1) is 11.5. The SMILES string of the molecule is Cc1cc(F)ccc1Nc1nc2cc(N)ccc2o1. The summed E-state index contributed by atoms with van der Waals surface area (Å²) in [6, 6.07) is 10.1. The van der Waals surface area contributed by atoms with Crippen LogP contribution in [0.2, 0.25) is 0 Å². The molecule has 0 atom stereocenters. The van der Waals surface area contributed by atoms with Gasteiger partial charge in [-0.25, -0.2) is 4.39 Å². The molecule has 0 fully saturated rings. The molecule has 0 amide bonds. The van der Waals surface area contributed by atoms with Crippen molar-refractivity contribution in [1.29, 1.82) is 0 Å². The van der Waals surface area contributed by atoms with Crippen LogP contribution in [0.1, 0.15) is 5.56 Å². The minimum absolute atomic E-state index is 0.270. The zero-order valence-corrected chi connectivity index (χ0v) is 10.3. The summed E-state index contributed by atoms with van der Waals surface area (Å²) in [4.78, 5) is 4.28. The second-order valence-corrected chi connectivity index (χ2v) is 4.33. The van der Waals surface area contributed by atoms with E-state index in [1.54, 1.807) is 24.3 Å². The van der Waals surface area contributed by atoms with E-state index in [1.165, 1.54) is 12.1 Å². The fraction of sp³-hybridized carbons (Fsp3) is 0.0714. The van der Waals surface area contributed by atoms with Crippen LogP contribution in [0.25, 0.3) is 11.1 Å². The Morgan fingerprint density at radius 3 is 2.84 bits per heavy atom. The van der Waals surface area contributed by atoms with Gasteiger partial charge in [0, 0.05) is 11.4 Å². The van der Waals surface area contributed by atoms with Gasteiger partial charge in [0.05, 0.1) is 0 Å². The Hall–Kier alpha value is -2.56. The first-order chi connectivity index (χ1) is 9.11. The molecule has 19 heavy (non-hydrogen) atoms. The van der Waals surface area contributed by atoms with Crippen LogP contribution >= 0.6 is 0 Å². The second-order valence-electron chi connectivity index (χ2n) is 4.33. The summed E-state index contributed by atoms with van der Waals surface area (Å²) in [7, 11) is 0. The molecule has 0 bridgehead atoms. The van der Waals surface area contributed by atoms with Crippen LogP contribution in [0.4, 0.5) is 21.8 Å². The van der Waals surface area contributed by atoms with Gasteiger partial charge in [0.1, 0.15) is 11.3 Å². The van der Waals surface area contributed by atoms with Crippen molar-refractivity contribution in [3.05, 3.63) is 47.8 Å². The molecule has 1 heterocycles. The molecule has 0 unspecified atom stereocenters. The number of hydrogen-bond acceptors (Lipinski definition) is 4. The molecule has 4 nitrogen and oxygen atoms in total. The lowest BCUT2D eigenvalue weighted by Gasteiger charge is -2.05. The Balaban J connectivity index is 1.96. The molecule has 3 N–H and O–H groups in total. The largest absolute Gasteiger partial charge is 0.423 e. The van der Waals surface area contributed by atoms with E-state index in [9.17, 15) is 4.39 Å². The maximum atomic E-state index is 13.0. The number of halogens is 1. The molecule has 96 valence electrons. The van der Waals surface area contributed by atoms with Crippen molar-refractivity contribution >= 4 is 28.5 Å². The van der Waals surface area contributed by atoms with Crippen LogP contribution in [0.3, 0.4) is 0 Å². The van der Waals surface area contributed by atoms with E-state index in [2.05, 4.69) is 10.3 Å². The van der Waals surface area contributed by atoms with Gasteiger partial charge >= 0.3 is 0 Å². The van der Waals surface area contributed by atoms with Crippen LogP contribution in [-0.2, 0) is 0 Å². The van der Waals surface area contributed by atoms with Gasteiger partial charge in [0.25, 0.3) is 6.01 Å². The van der Waals surface area contributed by atoms with E-state index >= 15 is 0 Å². The number of hydrogen-bond donors (Lipinski definition) is 2. The standard InChI is InChI=1S/C14H12FN3O/c1-8-6-9(15)2-4-11(8)17-14-18-12-7-10(16)3-5-13(12)19-14/h2-7H,16H2,1H3,(H,17,18). The lowest BCUT2D eigenvalue weighted by Crippen LogP contribution is -1.93. The molecule has 0 saturated carbocycles. The zero-order chi connectivity index (χ0) is 13.4. The third kappa shape index (κ3) is 2.22. The summed E-state index contributed by atoms with van der Waals surface area (Å²) in [6.07, 6.45) is 0. The molecule has 0 aliphatic rings. The highest BCUT2D eigenvalue weighted by atomic mass is 19.1. The maximum Gasteiger partial charge on any atom is 0.300 e. The van der Waals surface area contributed by atoms with Gasteiger partial charge in [-0.15, -0.1) is 0 Å². The topological polar surface area (TPSA) is 64.1 Å². The van der Waals surface area contributed by atoms with Gasteiger partial charge in [-0.05, 0) is 48.9 Å². The van der Waals surface area contributed by atoms with E-state index in [-0.39, 0.29) is 5.82 Å².